The van der Waals surface area contributed by atoms with Gasteiger partial charge in [0.1, 0.15) is 18.1 Å². The molecule has 0 N–H and O–H groups in total. The molecular formula is C17H16BrN3O4. The number of aromatic nitrogens is 1. The van der Waals surface area contributed by atoms with E-state index >= 15 is 0 Å². The minimum atomic E-state index is -0.475. The van der Waals surface area contributed by atoms with Crippen molar-refractivity contribution in [3.05, 3.63) is 62.7 Å². The van der Waals surface area contributed by atoms with Crippen LogP contribution in [-0.2, 0) is 4.74 Å². The van der Waals surface area contributed by atoms with Crippen LogP contribution in [0.15, 0.2) is 47.1 Å². The van der Waals surface area contributed by atoms with Gasteiger partial charge in [0.05, 0.1) is 15.0 Å². The van der Waals surface area contributed by atoms with Gasteiger partial charge in [0.15, 0.2) is 0 Å². The highest BCUT2D eigenvalue weighted by molar-refractivity contribution is 9.10. The van der Waals surface area contributed by atoms with Crippen molar-refractivity contribution in [2.24, 2.45) is 0 Å². The van der Waals surface area contributed by atoms with Crippen LogP contribution in [0, 0.1) is 10.1 Å². The van der Waals surface area contributed by atoms with E-state index in [2.05, 4.69) is 20.9 Å². The van der Waals surface area contributed by atoms with Crippen molar-refractivity contribution in [2.75, 3.05) is 18.0 Å². The minimum absolute atomic E-state index is 0.0534. The Balaban J connectivity index is 1.59. The Kier molecular flexibility index (Phi) is 5.28. The Morgan fingerprint density at radius 3 is 2.56 bits per heavy atom. The lowest BCUT2D eigenvalue weighted by Gasteiger charge is -2.32. The molecule has 2 heterocycles. The van der Waals surface area contributed by atoms with Crippen molar-refractivity contribution in [3.8, 4) is 0 Å². The second-order valence-corrected chi connectivity index (χ2v) is 6.57. The topological polar surface area (TPSA) is 85.6 Å². The fourth-order valence-electron chi connectivity index (χ4n) is 2.73. The summed E-state index contributed by atoms with van der Waals surface area (Å²) in [5.41, 5.74) is 0.493. The van der Waals surface area contributed by atoms with Gasteiger partial charge in [-0.05, 0) is 28.1 Å². The number of anilines is 1. The fraction of sp³-hybridized carbons (Fsp3) is 0.294. The highest BCUT2D eigenvalue weighted by atomic mass is 79.9. The molecule has 8 heteroatoms. The quantitative estimate of drug-likeness (QED) is 0.438. The largest absolute Gasteiger partial charge is 0.459 e. The molecule has 0 spiro atoms. The van der Waals surface area contributed by atoms with Gasteiger partial charge < -0.3 is 9.64 Å². The maximum absolute atomic E-state index is 12.1. The molecule has 0 atom stereocenters. The van der Waals surface area contributed by atoms with E-state index in [1.165, 1.54) is 12.3 Å². The van der Waals surface area contributed by atoms with Gasteiger partial charge in [-0.2, -0.15) is 0 Å². The Labute approximate surface area is 152 Å². The summed E-state index contributed by atoms with van der Waals surface area (Å²) < 4.78 is 6.14. The van der Waals surface area contributed by atoms with Crippen LogP contribution in [0.1, 0.15) is 23.2 Å². The Morgan fingerprint density at radius 1 is 1.28 bits per heavy atom. The van der Waals surface area contributed by atoms with Crippen LogP contribution in [0.2, 0.25) is 0 Å². The van der Waals surface area contributed by atoms with Crippen molar-refractivity contribution < 1.29 is 14.5 Å². The number of benzene rings is 1. The highest BCUT2D eigenvalue weighted by Gasteiger charge is 2.25. The molecule has 1 aliphatic heterocycles. The second kappa shape index (κ2) is 7.60. The van der Waals surface area contributed by atoms with Gasteiger partial charge in [-0.3, -0.25) is 10.1 Å². The van der Waals surface area contributed by atoms with Crippen molar-refractivity contribution in [1.29, 1.82) is 0 Å². The number of carbonyl (C=O) groups is 1. The van der Waals surface area contributed by atoms with E-state index in [4.69, 9.17) is 4.74 Å². The molecule has 1 saturated heterocycles. The Hall–Kier alpha value is -2.48. The van der Waals surface area contributed by atoms with E-state index in [-0.39, 0.29) is 17.8 Å². The first-order valence-electron chi connectivity index (χ1n) is 7.85. The molecule has 0 saturated carbocycles. The second-order valence-electron chi connectivity index (χ2n) is 5.71. The lowest BCUT2D eigenvalue weighted by atomic mass is 10.1. The van der Waals surface area contributed by atoms with Crippen molar-refractivity contribution >= 4 is 33.4 Å². The average Bonchev–Trinajstić information content (AvgIpc) is 2.63. The van der Waals surface area contributed by atoms with Crippen LogP contribution in [0.3, 0.4) is 0 Å². The summed E-state index contributed by atoms with van der Waals surface area (Å²) in [4.78, 5) is 28.6. The van der Waals surface area contributed by atoms with Crippen LogP contribution < -0.4 is 4.90 Å². The molecule has 1 aliphatic rings. The molecule has 0 amide bonds. The number of nitrogens with zero attached hydrogens (tertiary/aromatic N) is 3. The lowest BCUT2D eigenvalue weighted by Crippen LogP contribution is -2.38. The maximum atomic E-state index is 12.1. The molecule has 25 heavy (non-hydrogen) atoms. The van der Waals surface area contributed by atoms with Crippen LogP contribution in [0.4, 0.5) is 11.5 Å². The summed E-state index contributed by atoms with van der Waals surface area (Å²) in [6.45, 7) is 1.33. The van der Waals surface area contributed by atoms with Crippen LogP contribution in [0.25, 0.3) is 0 Å². The first kappa shape index (κ1) is 17.3. The normalized spacial score (nSPS) is 15.0. The van der Waals surface area contributed by atoms with Gasteiger partial charge in [-0.25, -0.2) is 9.78 Å². The van der Waals surface area contributed by atoms with E-state index in [9.17, 15) is 14.9 Å². The third-order valence-electron chi connectivity index (χ3n) is 4.04. The predicted molar refractivity (Wildman–Crippen MR) is 95.7 cm³/mol. The number of carbonyl (C=O) groups excluding carboxylic acids is 1. The average molecular weight is 406 g/mol. The molecule has 7 nitrogen and oxygen atoms in total. The predicted octanol–water partition coefficient (Wildman–Crippen LogP) is 3.58. The molecule has 0 radical (unpaired) electrons. The van der Waals surface area contributed by atoms with Crippen LogP contribution >= 0.6 is 15.9 Å². The summed E-state index contributed by atoms with van der Waals surface area (Å²) in [6.07, 6.45) is 2.48. The smallest absolute Gasteiger partial charge is 0.338 e. The van der Waals surface area contributed by atoms with E-state index in [0.29, 0.717) is 41.8 Å². The summed E-state index contributed by atoms with van der Waals surface area (Å²) >= 11 is 3.34. The van der Waals surface area contributed by atoms with Gasteiger partial charge in [-0.15, -0.1) is 0 Å². The van der Waals surface area contributed by atoms with E-state index in [1.54, 1.807) is 24.3 Å². The van der Waals surface area contributed by atoms with Crippen molar-refractivity contribution in [1.82, 2.24) is 4.98 Å². The summed E-state index contributed by atoms with van der Waals surface area (Å²) in [7, 11) is 0. The lowest BCUT2D eigenvalue weighted by molar-refractivity contribution is -0.385. The molecule has 0 unspecified atom stereocenters. The first-order valence-corrected chi connectivity index (χ1v) is 8.65. The van der Waals surface area contributed by atoms with Crippen molar-refractivity contribution in [2.45, 2.75) is 18.9 Å². The molecule has 3 rings (SSSR count). The molecule has 0 aliphatic carbocycles. The highest BCUT2D eigenvalue weighted by Crippen LogP contribution is 2.30. The molecular weight excluding hydrogens is 390 g/mol. The number of halogens is 1. The first-order chi connectivity index (χ1) is 12.0. The van der Waals surface area contributed by atoms with Crippen molar-refractivity contribution in [3.63, 3.8) is 0 Å². The van der Waals surface area contributed by atoms with Gasteiger partial charge in [0, 0.05) is 32.0 Å². The van der Waals surface area contributed by atoms with Crippen LogP contribution in [0.5, 0.6) is 0 Å². The van der Waals surface area contributed by atoms with E-state index in [0.717, 1.165) is 0 Å². The maximum Gasteiger partial charge on any atom is 0.338 e. The zero-order chi connectivity index (χ0) is 17.8. The molecule has 1 aromatic carbocycles. The molecule has 0 bridgehead atoms. The molecule has 1 fully saturated rings. The van der Waals surface area contributed by atoms with Gasteiger partial charge in [-0.1, -0.05) is 18.2 Å². The third kappa shape index (κ3) is 4.14. The SMILES string of the molecule is O=C(OC1CCN(c2ncc([N+](=O)[O-])cc2Br)CC1)c1ccccc1. The number of pyridine rings is 1. The number of hydrogen-bond donors (Lipinski definition) is 0. The number of nitro groups is 1. The molecule has 130 valence electrons. The standard InChI is InChI=1S/C17H16BrN3O4/c18-15-10-13(21(23)24)11-19-16(15)20-8-6-14(7-9-20)25-17(22)12-4-2-1-3-5-12/h1-5,10-11,14H,6-9H2. The van der Waals surface area contributed by atoms with Crippen LogP contribution in [-0.4, -0.2) is 35.1 Å². The molecule has 1 aromatic heterocycles. The monoisotopic (exact) mass is 405 g/mol. The Morgan fingerprint density at radius 2 is 1.96 bits per heavy atom. The fourth-order valence-corrected chi connectivity index (χ4v) is 3.32. The summed E-state index contributed by atoms with van der Waals surface area (Å²) in [6, 6.07) is 10.4. The number of esters is 1. The minimum Gasteiger partial charge on any atom is -0.459 e. The van der Waals surface area contributed by atoms with E-state index in [1.807, 2.05) is 11.0 Å². The number of ether oxygens (including phenoxy) is 1. The zero-order valence-corrected chi connectivity index (χ0v) is 14.9. The number of piperidine rings is 1. The number of hydrogen-bond acceptors (Lipinski definition) is 6. The molecule has 2 aromatic rings. The van der Waals surface area contributed by atoms with E-state index < -0.39 is 4.92 Å². The third-order valence-corrected chi connectivity index (χ3v) is 4.63. The summed E-state index contributed by atoms with van der Waals surface area (Å²) in [5, 5.41) is 10.8. The van der Waals surface area contributed by atoms with Gasteiger partial charge in [0.25, 0.3) is 5.69 Å². The van der Waals surface area contributed by atoms with Gasteiger partial charge >= 0.3 is 5.97 Å². The Bertz CT molecular complexity index is 777. The van der Waals surface area contributed by atoms with Gasteiger partial charge in [0.2, 0.25) is 0 Å². The summed E-state index contributed by atoms with van der Waals surface area (Å²) in [5.74, 6) is 0.354. The zero-order valence-electron chi connectivity index (χ0n) is 13.3. The number of rotatable bonds is 4.